The molecule has 0 aliphatic rings. The Kier molecular flexibility index (Phi) is 3.79. The normalized spacial score (nSPS) is 10.1. The van der Waals surface area contributed by atoms with Gasteiger partial charge < -0.3 is 10.5 Å². The second-order valence-corrected chi connectivity index (χ2v) is 4.51. The van der Waals surface area contributed by atoms with Crippen molar-refractivity contribution in [1.29, 1.82) is 0 Å². The molecule has 0 saturated carbocycles. The smallest absolute Gasteiger partial charge is 0.140 e. The van der Waals surface area contributed by atoms with Gasteiger partial charge in [-0.1, -0.05) is 30.3 Å². The molecule has 0 aliphatic carbocycles. The SMILES string of the molecule is NCc1ccccc1Oc1ccccc1I. The first-order valence-corrected chi connectivity index (χ1v) is 6.09. The first-order chi connectivity index (χ1) is 7.81. The van der Waals surface area contributed by atoms with Crippen LogP contribution in [0.1, 0.15) is 5.56 Å². The van der Waals surface area contributed by atoms with Gasteiger partial charge in [0, 0.05) is 12.1 Å². The summed E-state index contributed by atoms with van der Waals surface area (Å²) in [6.07, 6.45) is 0. The van der Waals surface area contributed by atoms with E-state index >= 15 is 0 Å². The molecule has 2 nitrogen and oxygen atoms in total. The van der Waals surface area contributed by atoms with Crippen LogP contribution in [0.25, 0.3) is 0 Å². The van der Waals surface area contributed by atoms with Crippen molar-refractivity contribution in [3.8, 4) is 11.5 Å². The lowest BCUT2D eigenvalue weighted by Crippen LogP contribution is -1.99. The molecule has 3 heteroatoms. The Balaban J connectivity index is 2.30. The summed E-state index contributed by atoms with van der Waals surface area (Å²) in [7, 11) is 0. The summed E-state index contributed by atoms with van der Waals surface area (Å²) in [5, 5.41) is 0. The fraction of sp³-hybridized carbons (Fsp3) is 0.0769. The minimum Gasteiger partial charge on any atom is -0.456 e. The van der Waals surface area contributed by atoms with Gasteiger partial charge in [0.2, 0.25) is 0 Å². The Bertz CT molecular complexity index is 485. The number of ether oxygens (including phenoxy) is 1. The number of nitrogens with two attached hydrogens (primary N) is 1. The van der Waals surface area contributed by atoms with Crippen LogP contribution in [-0.4, -0.2) is 0 Å². The lowest BCUT2D eigenvalue weighted by atomic mass is 10.2. The molecule has 0 bridgehead atoms. The van der Waals surface area contributed by atoms with Gasteiger partial charge in [-0.05, 0) is 40.8 Å². The third kappa shape index (κ3) is 2.54. The van der Waals surface area contributed by atoms with Gasteiger partial charge >= 0.3 is 0 Å². The minimum absolute atomic E-state index is 0.486. The van der Waals surface area contributed by atoms with Crippen LogP contribution >= 0.6 is 22.6 Å². The quantitative estimate of drug-likeness (QED) is 0.876. The lowest BCUT2D eigenvalue weighted by Gasteiger charge is -2.10. The zero-order chi connectivity index (χ0) is 11.4. The van der Waals surface area contributed by atoms with E-state index in [0.29, 0.717) is 6.54 Å². The van der Waals surface area contributed by atoms with Gasteiger partial charge in [0.25, 0.3) is 0 Å². The molecular formula is C13H12INO. The van der Waals surface area contributed by atoms with Crippen molar-refractivity contribution in [2.75, 3.05) is 0 Å². The Labute approximate surface area is 109 Å². The van der Waals surface area contributed by atoms with Gasteiger partial charge in [0.05, 0.1) is 3.57 Å². The Morgan fingerprint density at radius 3 is 2.25 bits per heavy atom. The highest BCUT2D eigenvalue weighted by Gasteiger charge is 2.04. The second-order valence-electron chi connectivity index (χ2n) is 3.34. The number of para-hydroxylation sites is 2. The second kappa shape index (κ2) is 5.32. The van der Waals surface area contributed by atoms with Crippen molar-refractivity contribution in [2.24, 2.45) is 5.73 Å². The molecule has 2 aromatic carbocycles. The maximum absolute atomic E-state index is 5.84. The topological polar surface area (TPSA) is 35.2 Å². The number of hydrogen-bond acceptors (Lipinski definition) is 2. The van der Waals surface area contributed by atoms with Crippen LogP contribution < -0.4 is 10.5 Å². The van der Waals surface area contributed by atoms with E-state index in [1.165, 1.54) is 0 Å². The monoisotopic (exact) mass is 325 g/mol. The standard InChI is InChI=1S/C13H12INO/c14-11-6-2-4-8-13(11)16-12-7-3-1-5-10(12)9-15/h1-8H,9,15H2. The van der Waals surface area contributed by atoms with Crippen molar-refractivity contribution in [1.82, 2.24) is 0 Å². The molecule has 0 atom stereocenters. The van der Waals surface area contributed by atoms with Crippen molar-refractivity contribution in [3.63, 3.8) is 0 Å². The van der Waals surface area contributed by atoms with Gasteiger partial charge in [-0.25, -0.2) is 0 Å². The van der Waals surface area contributed by atoms with Crippen molar-refractivity contribution >= 4 is 22.6 Å². The Morgan fingerprint density at radius 1 is 0.938 bits per heavy atom. The molecule has 16 heavy (non-hydrogen) atoms. The summed E-state index contributed by atoms with van der Waals surface area (Å²) in [6.45, 7) is 0.486. The zero-order valence-corrected chi connectivity index (χ0v) is 10.8. The molecule has 0 fully saturated rings. The summed E-state index contributed by atoms with van der Waals surface area (Å²) in [5.41, 5.74) is 6.68. The van der Waals surface area contributed by atoms with E-state index in [9.17, 15) is 0 Å². The molecule has 0 saturated heterocycles. The highest BCUT2D eigenvalue weighted by Crippen LogP contribution is 2.28. The molecule has 2 aromatic rings. The Morgan fingerprint density at radius 2 is 1.56 bits per heavy atom. The van der Waals surface area contributed by atoms with Gasteiger partial charge in [0.15, 0.2) is 0 Å². The van der Waals surface area contributed by atoms with E-state index in [1.54, 1.807) is 0 Å². The first-order valence-electron chi connectivity index (χ1n) is 5.01. The maximum Gasteiger partial charge on any atom is 0.140 e. The van der Waals surface area contributed by atoms with Crippen LogP contribution in [0.5, 0.6) is 11.5 Å². The zero-order valence-electron chi connectivity index (χ0n) is 8.69. The van der Waals surface area contributed by atoms with E-state index in [4.69, 9.17) is 10.5 Å². The maximum atomic E-state index is 5.84. The molecule has 0 radical (unpaired) electrons. The van der Waals surface area contributed by atoms with E-state index in [1.807, 2.05) is 48.5 Å². The predicted octanol–water partition coefficient (Wildman–Crippen LogP) is 3.54. The van der Waals surface area contributed by atoms with E-state index < -0.39 is 0 Å². The minimum atomic E-state index is 0.486. The van der Waals surface area contributed by atoms with Crippen LogP contribution in [0, 0.1) is 3.57 Å². The van der Waals surface area contributed by atoms with Crippen molar-refractivity contribution in [2.45, 2.75) is 6.54 Å². The van der Waals surface area contributed by atoms with Gasteiger partial charge in [-0.3, -0.25) is 0 Å². The summed E-state index contributed by atoms with van der Waals surface area (Å²) in [4.78, 5) is 0. The predicted molar refractivity (Wildman–Crippen MR) is 73.6 cm³/mol. The van der Waals surface area contributed by atoms with Crippen LogP contribution in [0.15, 0.2) is 48.5 Å². The van der Waals surface area contributed by atoms with Crippen LogP contribution in [0.2, 0.25) is 0 Å². The summed E-state index contributed by atoms with van der Waals surface area (Å²) < 4.78 is 6.93. The number of halogens is 1. The largest absolute Gasteiger partial charge is 0.456 e. The van der Waals surface area contributed by atoms with E-state index in [-0.39, 0.29) is 0 Å². The third-order valence-corrected chi connectivity index (χ3v) is 3.14. The molecule has 0 amide bonds. The van der Waals surface area contributed by atoms with Gasteiger partial charge in [-0.15, -0.1) is 0 Å². The fourth-order valence-electron chi connectivity index (χ4n) is 1.42. The van der Waals surface area contributed by atoms with E-state index in [0.717, 1.165) is 20.6 Å². The molecular weight excluding hydrogens is 313 g/mol. The van der Waals surface area contributed by atoms with Gasteiger partial charge in [-0.2, -0.15) is 0 Å². The molecule has 0 heterocycles. The summed E-state index contributed by atoms with van der Waals surface area (Å²) in [5.74, 6) is 1.69. The average Bonchev–Trinajstić information content (AvgIpc) is 2.33. The van der Waals surface area contributed by atoms with Crippen LogP contribution in [-0.2, 0) is 6.54 Å². The van der Waals surface area contributed by atoms with Gasteiger partial charge in [0.1, 0.15) is 11.5 Å². The summed E-state index contributed by atoms with van der Waals surface area (Å²) >= 11 is 2.25. The average molecular weight is 325 g/mol. The molecule has 2 rings (SSSR count). The van der Waals surface area contributed by atoms with Crippen molar-refractivity contribution in [3.05, 3.63) is 57.7 Å². The van der Waals surface area contributed by atoms with Crippen LogP contribution in [0.3, 0.4) is 0 Å². The fourth-order valence-corrected chi connectivity index (χ4v) is 1.92. The highest BCUT2D eigenvalue weighted by molar-refractivity contribution is 14.1. The number of hydrogen-bond donors (Lipinski definition) is 1. The molecule has 0 unspecified atom stereocenters. The molecule has 0 aromatic heterocycles. The summed E-state index contributed by atoms with van der Waals surface area (Å²) in [6, 6.07) is 15.7. The number of benzene rings is 2. The van der Waals surface area contributed by atoms with E-state index in [2.05, 4.69) is 22.6 Å². The lowest BCUT2D eigenvalue weighted by molar-refractivity contribution is 0.473. The molecule has 2 N–H and O–H groups in total. The van der Waals surface area contributed by atoms with Crippen LogP contribution in [0.4, 0.5) is 0 Å². The molecule has 0 aliphatic heterocycles. The highest BCUT2D eigenvalue weighted by atomic mass is 127. The third-order valence-electron chi connectivity index (χ3n) is 2.25. The number of rotatable bonds is 3. The Hall–Kier alpha value is -1.07. The molecule has 0 spiro atoms. The van der Waals surface area contributed by atoms with Crippen molar-refractivity contribution < 1.29 is 4.74 Å². The first kappa shape index (κ1) is 11.4. The molecule has 82 valence electrons.